The first kappa shape index (κ1) is 13.5. The molecule has 0 N–H and O–H groups in total. The molecule has 0 saturated carbocycles. The molecule has 20 heavy (non-hydrogen) atoms. The Bertz CT molecular complexity index is 771. The summed E-state index contributed by atoms with van der Waals surface area (Å²) in [5, 5.41) is 0.471. The summed E-state index contributed by atoms with van der Waals surface area (Å²) >= 11 is 6.04. The van der Waals surface area contributed by atoms with Crippen LogP contribution in [0.2, 0.25) is 5.02 Å². The van der Waals surface area contributed by atoms with Gasteiger partial charge in [-0.2, -0.15) is 0 Å². The molecule has 1 heterocycles. The largest absolute Gasteiger partial charge is 0.266 e. The Labute approximate surface area is 123 Å². The molecule has 0 saturated heterocycles. The normalized spacial score (nSPS) is 14.4. The SMILES string of the molecule is Cc1c(Cl)cccc1S(=O)(=O)N1CCc2ccccc21. The van der Waals surface area contributed by atoms with Crippen molar-refractivity contribution in [1.29, 1.82) is 0 Å². The first-order valence-corrected chi connectivity index (χ1v) is 8.19. The number of rotatable bonds is 2. The van der Waals surface area contributed by atoms with E-state index in [4.69, 9.17) is 11.6 Å². The molecule has 5 heteroatoms. The van der Waals surface area contributed by atoms with E-state index < -0.39 is 10.0 Å². The number of para-hydroxylation sites is 1. The van der Waals surface area contributed by atoms with Crippen molar-refractivity contribution >= 4 is 27.3 Å². The number of benzene rings is 2. The lowest BCUT2D eigenvalue weighted by atomic mass is 10.2. The highest BCUT2D eigenvalue weighted by Crippen LogP contribution is 2.34. The predicted molar refractivity (Wildman–Crippen MR) is 80.9 cm³/mol. The Morgan fingerprint density at radius 2 is 1.85 bits per heavy atom. The van der Waals surface area contributed by atoms with E-state index in [2.05, 4.69) is 0 Å². The minimum Gasteiger partial charge on any atom is -0.266 e. The van der Waals surface area contributed by atoms with Crippen LogP contribution in [0.1, 0.15) is 11.1 Å². The van der Waals surface area contributed by atoms with Gasteiger partial charge in [0.1, 0.15) is 0 Å². The third-order valence-corrected chi connectivity index (χ3v) is 6.00. The Morgan fingerprint density at radius 3 is 2.65 bits per heavy atom. The number of anilines is 1. The molecule has 3 rings (SSSR count). The zero-order valence-corrected chi connectivity index (χ0v) is 12.6. The maximum absolute atomic E-state index is 12.8. The van der Waals surface area contributed by atoms with E-state index >= 15 is 0 Å². The molecule has 0 aromatic heterocycles. The van der Waals surface area contributed by atoms with Gasteiger partial charge in [-0.1, -0.05) is 35.9 Å². The number of hydrogen-bond donors (Lipinski definition) is 0. The Balaban J connectivity index is 2.13. The summed E-state index contributed by atoms with van der Waals surface area (Å²) in [6.07, 6.45) is 0.745. The molecule has 0 spiro atoms. The van der Waals surface area contributed by atoms with Crippen LogP contribution in [0.25, 0.3) is 0 Å². The van der Waals surface area contributed by atoms with Crippen molar-refractivity contribution in [2.75, 3.05) is 10.8 Å². The van der Waals surface area contributed by atoms with Crippen molar-refractivity contribution in [3.63, 3.8) is 0 Å². The van der Waals surface area contributed by atoms with Gasteiger partial charge in [0.25, 0.3) is 10.0 Å². The van der Waals surface area contributed by atoms with Gasteiger partial charge in [0.05, 0.1) is 10.6 Å². The number of fused-ring (bicyclic) bond motifs is 1. The fourth-order valence-electron chi connectivity index (χ4n) is 2.54. The van der Waals surface area contributed by atoms with Crippen LogP contribution in [0.3, 0.4) is 0 Å². The van der Waals surface area contributed by atoms with E-state index in [1.54, 1.807) is 25.1 Å². The van der Waals surface area contributed by atoms with Crippen LogP contribution >= 0.6 is 11.6 Å². The average Bonchev–Trinajstić information content (AvgIpc) is 2.86. The summed E-state index contributed by atoms with van der Waals surface area (Å²) < 4.78 is 27.1. The van der Waals surface area contributed by atoms with Crippen molar-refractivity contribution in [3.8, 4) is 0 Å². The van der Waals surface area contributed by atoms with Crippen LogP contribution < -0.4 is 4.31 Å². The maximum Gasteiger partial charge on any atom is 0.264 e. The zero-order chi connectivity index (χ0) is 14.3. The maximum atomic E-state index is 12.8. The van der Waals surface area contributed by atoms with Crippen LogP contribution in [-0.4, -0.2) is 15.0 Å². The summed E-state index contributed by atoms with van der Waals surface area (Å²) in [6, 6.07) is 12.6. The van der Waals surface area contributed by atoms with Crippen molar-refractivity contribution in [2.24, 2.45) is 0 Å². The van der Waals surface area contributed by atoms with Crippen molar-refractivity contribution in [3.05, 3.63) is 58.6 Å². The second-order valence-electron chi connectivity index (χ2n) is 4.82. The summed E-state index contributed by atoms with van der Waals surface area (Å²) in [6.45, 7) is 2.21. The summed E-state index contributed by atoms with van der Waals surface area (Å²) in [4.78, 5) is 0.279. The molecule has 0 unspecified atom stereocenters. The fourth-order valence-corrected chi connectivity index (χ4v) is 4.53. The van der Waals surface area contributed by atoms with Gasteiger partial charge < -0.3 is 0 Å². The van der Waals surface area contributed by atoms with E-state index in [0.29, 0.717) is 17.1 Å². The van der Waals surface area contributed by atoms with Gasteiger partial charge >= 0.3 is 0 Å². The molecule has 2 aromatic rings. The lowest BCUT2D eigenvalue weighted by Gasteiger charge is -2.21. The first-order chi connectivity index (χ1) is 9.51. The highest BCUT2D eigenvalue weighted by atomic mass is 35.5. The number of nitrogens with zero attached hydrogens (tertiary/aromatic N) is 1. The van der Waals surface area contributed by atoms with Gasteiger partial charge in [0.15, 0.2) is 0 Å². The molecule has 0 aliphatic carbocycles. The van der Waals surface area contributed by atoms with Gasteiger partial charge in [0, 0.05) is 11.6 Å². The Hall–Kier alpha value is -1.52. The minimum absolute atomic E-state index is 0.279. The van der Waals surface area contributed by atoms with Crippen LogP contribution in [-0.2, 0) is 16.4 Å². The molecule has 0 bridgehead atoms. The molecule has 104 valence electrons. The quantitative estimate of drug-likeness (QED) is 0.852. The van der Waals surface area contributed by atoms with Crippen LogP contribution in [0.5, 0.6) is 0 Å². The van der Waals surface area contributed by atoms with Crippen LogP contribution in [0.4, 0.5) is 5.69 Å². The smallest absolute Gasteiger partial charge is 0.264 e. The lowest BCUT2D eigenvalue weighted by molar-refractivity contribution is 0.591. The highest BCUT2D eigenvalue weighted by Gasteiger charge is 2.31. The first-order valence-electron chi connectivity index (χ1n) is 6.37. The van der Waals surface area contributed by atoms with Crippen molar-refractivity contribution in [1.82, 2.24) is 0 Å². The number of hydrogen-bond acceptors (Lipinski definition) is 2. The van der Waals surface area contributed by atoms with Gasteiger partial charge in [-0.05, 0) is 42.7 Å². The molecule has 0 amide bonds. The molecular formula is C15H14ClNO2S. The predicted octanol–water partition coefficient (Wildman–Crippen LogP) is 3.40. The van der Waals surface area contributed by atoms with E-state index in [1.807, 2.05) is 24.3 Å². The molecular weight excluding hydrogens is 294 g/mol. The van der Waals surface area contributed by atoms with E-state index in [1.165, 1.54) is 4.31 Å². The summed E-state index contributed by atoms with van der Waals surface area (Å²) in [7, 11) is -3.56. The number of halogens is 1. The molecule has 0 atom stereocenters. The highest BCUT2D eigenvalue weighted by molar-refractivity contribution is 7.93. The van der Waals surface area contributed by atoms with Crippen LogP contribution in [0.15, 0.2) is 47.4 Å². The molecule has 0 fully saturated rings. The Morgan fingerprint density at radius 1 is 1.10 bits per heavy atom. The minimum atomic E-state index is -3.56. The van der Waals surface area contributed by atoms with E-state index in [9.17, 15) is 8.42 Å². The second-order valence-corrected chi connectivity index (χ2v) is 7.06. The van der Waals surface area contributed by atoms with Crippen LogP contribution in [0, 0.1) is 6.92 Å². The molecule has 0 radical (unpaired) electrons. The number of sulfonamides is 1. The molecule has 3 nitrogen and oxygen atoms in total. The topological polar surface area (TPSA) is 37.4 Å². The second kappa shape index (κ2) is 4.79. The van der Waals surface area contributed by atoms with E-state index in [-0.39, 0.29) is 4.90 Å². The van der Waals surface area contributed by atoms with Gasteiger partial charge in [-0.15, -0.1) is 0 Å². The zero-order valence-electron chi connectivity index (χ0n) is 11.0. The summed E-state index contributed by atoms with van der Waals surface area (Å²) in [5.41, 5.74) is 2.43. The van der Waals surface area contributed by atoms with Gasteiger partial charge in [-0.25, -0.2) is 8.42 Å². The summed E-state index contributed by atoms with van der Waals surface area (Å²) in [5.74, 6) is 0. The molecule has 1 aliphatic heterocycles. The van der Waals surface area contributed by atoms with Crippen molar-refractivity contribution in [2.45, 2.75) is 18.2 Å². The Kier molecular flexibility index (Phi) is 3.22. The monoisotopic (exact) mass is 307 g/mol. The van der Waals surface area contributed by atoms with E-state index in [0.717, 1.165) is 17.7 Å². The lowest BCUT2D eigenvalue weighted by Crippen LogP contribution is -2.29. The standard InChI is InChI=1S/C15H14ClNO2S/c1-11-13(16)6-4-8-15(11)20(18,19)17-10-9-12-5-2-3-7-14(12)17/h2-8H,9-10H2,1H3. The third kappa shape index (κ3) is 2.00. The third-order valence-electron chi connectivity index (χ3n) is 3.63. The van der Waals surface area contributed by atoms with Gasteiger partial charge in [0.2, 0.25) is 0 Å². The average molecular weight is 308 g/mol. The molecule has 2 aromatic carbocycles. The molecule has 1 aliphatic rings. The van der Waals surface area contributed by atoms with Crippen molar-refractivity contribution < 1.29 is 8.42 Å². The fraction of sp³-hybridized carbons (Fsp3) is 0.200. The van der Waals surface area contributed by atoms with Gasteiger partial charge in [-0.3, -0.25) is 4.31 Å².